The Labute approximate surface area is 142 Å². The van der Waals surface area contributed by atoms with E-state index in [0.717, 1.165) is 11.1 Å². The molecule has 0 amide bonds. The van der Waals surface area contributed by atoms with Gasteiger partial charge in [0.2, 0.25) is 5.76 Å². The second kappa shape index (κ2) is 5.48. The Kier molecular flexibility index (Phi) is 3.74. The predicted molar refractivity (Wildman–Crippen MR) is 87.6 cm³/mol. The van der Waals surface area contributed by atoms with Crippen molar-refractivity contribution >= 4 is 29.2 Å². The number of carbonyl (C=O) groups is 1. The van der Waals surface area contributed by atoms with Crippen molar-refractivity contribution in [2.24, 2.45) is 0 Å². The molecule has 3 rings (SSSR count). The standard InChI is InChI=1S/C17H12Cl2O4/c1-17(15(21)14(20)16(22)23-17)10-4-2-9(3-5-10)12-7-6-11(18)8-13(12)19/h2-8,20-21H,1H3. The van der Waals surface area contributed by atoms with Gasteiger partial charge in [0.15, 0.2) is 11.4 Å². The predicted octanol–water partition coefficient (Wildman–Crippen LogP) is 4.76. The number of hydrogen-bond acceptors (Lipinski definition) is 4. The van der Waals surface area contributed by atoms with Crippen LogP contribution in [0, 0.1) is 0 Å². The van der Waals surface area contributed by atoms with E-state index in [2.05, 4.69) is 0 Å². The van der Waals surface area contributed by atoms with Gasteiger partial charge in [0.1, 0.15) is 0 Å². The monoisotopic (exact) mass is 350 g/mol. The molecule has 23 heavy (non-hydrogen) atoms. The highest BCUT2D eigenvalue weighted by molar-refractivity contribution is 6.36. The largest absolute Gasteiger partial charge is 0.505 e. The topological polar surface area (TPSA) is 66.8 Å². The summed E-state index contributed by atoms with van der Waals surface area (Å²) in [7, 11) is 0. The zero-order chi connectivity index (χ0) is 16.8. The maximum absolute atomic E-state index is 11.4. The lowest BCUT2D eigenvalue weighted by atomic mass is 9.92. The third kappa shape index (κ3) is 2.54. The number of cyclic esters (lactones) is 1. The molecule has 1 unspecified atom stereocenters. The summed E-state index contributed by atoms with van der Waals surface area (Å²) in [5, 5.41) is 20.5. The van der Waals surface area contributed by atoms with E-state index < -0.39 is 23.1 Å². The van der Waals surface area contributed by atoms with Gasteiger partial charge in [-0.1, -0.05) is 53.5 Å². The Morgan fingerprint density at radius 3 is 2.22 bits per heavy atom. The fraction of sp³-hybridized carbons (Fsp3) is 0.118. The number of carbonyl (C=O) groups excluding carboxylic acids is 1. The van der Waals surface area contributed by atoms with Gasteiger partial charge in [-0.15, -0.1) is 0 Å². The zero-order valence-electron chi connectivity index (χ0n) is 12.0. The molecule has 0 aromatic heterocycles. The van der Waals surface area contributed by atoms with Crippen molar-refractivity contribution in [2.45, 2.75) is 12.5 Å². The molecule has 2 N–H and O–H groups in total. The van der Waals surface area contributed by atoms with Gasteiger partial charge in [-0.2, -0.15) is 0 Å². The van der Waals surface area contributed by atoms with Crippen LogP contribution in [0.2, 0.25) is 10.0 Å². The Morgan fingerprint density at radius 2 is 1.70 bits per heavy atom. The van der Waals surface area contributed by atoms with E-state index in [1.165, 1.54) is 6.92 Å². The molecule has 1 aliphatic rings. The van der Waals surface area contributed by atoms with Crippen molar-refractivity contribution in [3.63, 3.8) is 0 Å². The zero-order valence-corrected chi connectivity index (χ0v) is 13.5. The van der Waals surface area contributed by atoms with Crippen LogP contribution in [0.5, 0.6) is 0 Å². The van der Waals surface area contributed by atoms with Crippen LogP contribution in [0.4, 0.5) is 0 Å². The average molecular weight is 351 g/mol. The fourth-order valence-corrected chi connectivity index (χ4v) is 3.01. The molecule has 0 saturated heterocycles. The molecule has 118 valence electrons. The number of ether oxygens (including phenoxy) is 1. The highest BCUT2D eigenvalue weighted by Crippen LogP contribution is 2.40. The number of halogens is 2. The van der Waals surface area contributed by atoms with E-state index in [4.69, 9.17) is 27.9 Å². The van der Waals surface area contributed by atoms with Gasteiger partial charge < -0.3 is 14.9 Å². The third-order valence-electron chi connectivity index (χ3n) is 3.84. The normalized spacial score (nSPS) is 20.7. The van der Waals surface area contributed by atoms with Crippen molar-refractivity contribution in [2.75, 3.05) is 0 Å². The van der Waals surface area contributed by atoms with Crippen LogP contribution in [0.1, 0.15) is 12.5 Å². The molecule has 0 aliphatic carbocycles. The molecular formula is C17H12Cl2O4. The molecule has 2 aromatic carbocycles. The van der Waals surface area contributed by atoms with Crippen LogP contribution in [0.3, 0.4) is 0 Å². The molecule has 2 aromatic rings. The maximum atomic E-state index is 11.4. The first kappa shape index (κ1) is 15.7. The lowest BCUT2D eigenvalue weighted by Crippen LogP contribution is -2.25. The van der Waals surface area contributed by atoms with Crippen molar-refractivity contribution in [1.29, 1.82) is 0 Å². The highest BCUT2D eigenvalue weighted by Gasteiger charge is 2.46. The summed E-state index contributed by atoms with van der Waals surface area (Å²) in [5.41, 5.74) is 0.778. The molecule has 4 nitrogen and oxygen atoms in total. The van der Waals surface area contributed by atoms with Gasteiger partial charge in [0, 0.05) is 21.2 Å². The molecule has 6 heteroatoms. The molecule has 0 bridgehead atoms. The summed E-state index contributed by atoms with van der Waals surface area (Å²) in [5.74, 6) is -2.22. The molecule has 0 spiro atoms. The summed E-state index contributed by atoms with van der Waals surface area (Å²) in [6.45, 7) is 1.51. The van der Waals surface area contributed by atoms with Crippen LogP contribution in [-0.4, -0.2) is 16.2 Å². The molecule has 0 fully saturated rings. The minimum atomic E-state index is -1.40. The Morgan fingerprint density at radius 1 is 1.04 bits per heavy atom. The van der Waals surface area contributed by atoms with Crippen LogP contribution in [0.15, 0.2) is 54.0 Å². The van der Waals surface area contributed by atoms with E-state index in [1.807, 2.05) is 0 Å². The van der Waals surface area contributed by atoms with Crippen LogP contribution in [-0.2, 0) is 15.1 Å². The lowest BCUT2D eigenvalue weighted by molar-refractivity contribution is -0.149. The minimum absolute atomic E-state index is 0.500. The summed E-state index contributed by atoms with van der Waals surface area (Å²) in [6.07, 6.45) is 0. The number of aliphatic hydroxyl groups is 2. The van der Waals surface area contributed by atoms with E-state index >= 15 is 0 Å². The SMILES string of the molecule is CC1(c2ccc(-c3ccc(Cl)cc3Cl)cc2)OC(=O)C(O)=C1O. The third-order valence-corrected chi connectivity index (χ3v) is 4.39. The number of aliphatic hydroxyl groups excluding tert-OH is 2. The van der Waals surface area contributed by atoms with E-state index in [0.29, 0.717) is 15.6 Å². The van der Waals surface area contributed by atoms with Gasteiger partial charge >= 0.3 is 5.97 Å². The lowest BCUT2D eigenvalue weighted by Gasteiger charge is -2.23. The van der Waals surface area contributed by atoms with Crippen LogP contribution >= 0.6 is 23.2 Å². The van der Waals surface area contributed by atoms with Crippen molar-refractivity contribution in [3.8, 4) is 11.1 Å². The minimum Gasteiger partial charge on any atom is -0.505 e. The molecule has 1 atom stereocenters. The van der Waals surface area contributed by atoms with Gasteiger partial charge in [-0.25, -0.2) is 4.79 Å². The first-order valence-corrected chi connectivity index (χ1v) is 7.50. The molecule has 1 heterocycles. The smallest absolute Gasteiger partial charge is 0.378 e. The number of benzene rings is 2. The van der Waals surface area contributed by atoms with E-state index in [1.54, 1.807) is 42.5 Å². The molecular weight excluding hydrogens is 339 g/mol. The van der Waals surface area contributed by atoms with E-state index in [9.17, 15) is 15.0 Å². The van der Waals surface area contributed by atoms with Gasteiger partial charge in [0.05, 0.1) is 0 Å². The molecule has 1 aliphatic heterocycles. The Hall–Kier alpha value is -2.17. The highest BCUT2D eigenvalue weighted by atomic mass is 35.5. The summed E-state index contributed by atoms with van der Waals surface area (Å²) >= 11 is 12.1. The Bertz CT molecular complexity index is 827. The van der Waals surface area contributed by atoms with Crippen LogP contribution in [0.25, 0.3) is 11.1 Å². The van der Waals surface area contributed by atoms with Gasteiger partial charge in [-0.3, -0.25) is 0 Å². The van der Waals surface area contributed by atoms with Crippen molar-refractivity contribution < 1.29 is 19.7 Å². The maximum Gasteiger partial charge on any atom is 0.378 e. The second-order valence-corrected chi connectivity index (χ2v) is 6.17. The summed E-state index contributed by atoms with van der Waals surface area (Å²) in [6, 6.07) is 12.2. The molecule has 0 saturated carbocycles. The molecule has 0 radical (unpaired) electrons. The first-order chi connectivity index (χ1) is 10.8. The fourth-order valence-electron chi connectivity index (χ4n) is 2.49. The second-order valence-electron chi connectivity index (χ2n) is 5.32. The van der Waals surface area contributed by atoms with Crippen LogP contribution < -0.4 is 0 Å². The number of esters is 1. The Balaban J connectivity index is 1.99. The average Bonchev–Trinajstić information content (AvgIpc) is 2.72. The quantitative estimate of drug-likeness (QED) is 0.766. The van der Waals surface area contributed by atoms with Crippen molar-refractivity contribution in [1.82, 2.24) is 0 Å². The summed E-state index contributed by atoms with van der Waals surface area (Å²) < 4.78 is 5.09. The van der Waals surface area contributed by atoms with Gasteiger partial charge in [-0.05, 0) is 24.6 Å². The van der Waals surface area contributed by atoms with Gasteiger partial charge in [0.25, 0.3) is 0 Å². The summed E-state index contributed by atoms with van der Waals surface area (Å²) in [4.78, 5) is 11.4. The number of rotatable bonds is 2. The van der Waals surface area contributed by atoms with Crippen molar-refractivity contribution in [3.05, 3.63) is 69.6 Å². The number of hydrogen-bond donors (Lipinski definition) is 2. The van der Waals surface area contributed by atoms with E-state index in [-0.39, 0.29) is 0 Å². The first-order valence-electron chi connectivity index (χ1n) is 6.75.